The van der Waals surface area contributed by atoms with Crippen LogP contribution in [0.1, 0.15) is 11.1 Å². The fourth-order valence-corrected chi connectivity index (χ4v) is 1.45. The van der Waals surface area contributed by atoms with Gasteiger partial charge in [-0.2, -0.15) is 18.4 Å². The van der Waals surface area contributed by atoms with E-state index >= 15 is 0 Å². The van der Waals surface area contributed by atoms with Crippen molar-refractivity contribution in [3.8, 4) is 6.07 Å². The Labute approximate surface area is 93.0 Å². The number of nitrogen functional groups attached to an aromatic ring is 1. The van der Waals surface area contributed by atoms with Crippen LogP contribution in [0.2, 0.25) is 10.0 Å². The molecule has 7 heteroatoms. The molecular weight excluding hydrogens is 252 g/mol. The van der Waals surface area contributed by atoms with Crippen LogP contribution in [0.25, 0.3) is 0 Å². The number of benzene rings is 1. The Morgan fingerprint density at radius 3 is 2.20 bits per heavy atom. The number of hydrogen-bond donors (Lipinski definition) is 1. The van der Waals surface area contributed by atoms with Crippen LogP contribution in [0.4, 0.5) is 18.9 Å². The smallest absolute Gasteiger partial charge is 0.397 e. The minimum atomic E-state index is -4.78. The zero-order valence-corrected chi connectivity index (χ0v) is 8.43. The first kappa shape index (κ1) is 12.0. The quantitative estimate of drug-likeness (QED) is 0.722. The molecule has 0 atom stereocenters. The highest BCUT2D eigenvalue weighted by atomic mass is 35.5. The predicted octanol–water partition coefficient (Wildman–Crippen LogP) is 3.27. The maximum Gasteiger partial charge on any atom is 0.419 e. The highest BCUT2D eigenvalue weighted by Crippen LogP contribution is 2.41. The van der Waals surface area contributed by atoms with Gasteiger partial charge in [-0.1, -0.05) is 23.2 Å². The van der Waals surface area contributed by atoms with Crippen molar-refractivity contribution in [2.75, 3.05) is 5.73 Å². The van der Waals surface area contributed by atoms with Crippen LogP contribution in [-0.4, -0.2) is 0 Å². The van der Waals surface area contributed by atoms with E-state index < -0.39 is 33.0 Å². The van der Waals surface area contributed by atoms with Crippen molar-refractivity contribution in [3.63, 3.8) is 0 Å². The summed E-state index contributed by atoms with van der Waals surface area (Å²) in [5.41, 5.74) is 2.28. The fourth-order valence-electron chi connectivity index (χ4n) is 0.980. The third kappa shape index (κ3) is 2.11. The lowest BCUT2D eigenvalue weighted by Gasteiger charge is -2.13. The first-order chi connectivity index (χ1) is 6.79. The van der Waals surface area contributed by atoms with Crippen molar-refractivity contribution in [1.82, 2.24) is 0 Å². The summed E-state index contributed by atoms with van der Waals surface area (Å²) in [6.45, 7) is 0. The number of halogens is 5. The Hall–Kier alpha value is -1.12. The molecule has 0 aliphatic heterocycles. The molecule has 0 unspecified atom stereocenters. The lowest BCUT2D eigenvalue weighted by Crippen LogP contribution is -2.12. The van der Waals surface area contributed by atoms with Crippen LogP contribution in [-0.2, 0) is 6.18 Å². The largest absolute Gasteiger partial charge is 0.419 e. The molecule has 2 nitrogen and oxygen atoms in total. The number of alkyl halides is 3. The molecule has 79 valence electrons. The summed E-state index contributed by atoms with van der Waals surface area (Å²) in [6.07, 6.45) is -4.78. The van der Waals surface area contributed by atoms with Gasteiger partial charge < -0.3 is 5.73 Å². The van der Waals surface area contributed by atoms with Gasteiger partial charge in [0.05, 0.1) is 26.9 Å². The summed E-state index contributed by atoms with van der Waals surface area (Å²) < 4.78 is 37.5. The Morgan fingerprint density at radius 1 is 1.27 bits per heavy atom. The fraction of sp³-hybridized carbons (Fsp3) is 0.125. The lowest BCUT2D eigenvalue weighted by atomic mass is 10.1. The molecule has 0 aliphatic rings. The van der Waals surface area contributed by atoms with E-state index in [9.17, 15) is 13.2 Å². The van der Waals surface area contributed by atoms with E-state index in [1.165, 1.54) is 6.07 Å². The van der Waals surface area contributed by atoms with Crippen LogP contribution in [0.3, 0.4) is 0 Å². The molecule has 0 fully saturated rings. The van der Waals surface area contributed by atoms with Crippen molar-refractivity contribution in [3.05, 3.63) is 27.2 Å². The molecule has 0 bridgehead atoms. The van der Waals surface area contributed by atoms with Crippen LogP contribution in [0.5, 0.6) is 0 Å². The zero-order valence-electron chi connectivity index (χ0n) is 6.91. The Morgan fingerprint density at radius 2 is 1.80 bits per heavy atom. The van der Waals surface area contributed by atoms with Crippen molar-refractivity contribution in [2.45, 2.75) is 6.18 Å². The molecule has 0 spiro atoms. The second-order valence-electron chi connectivity index (χ2n) is 2.53. The molecule has 2 N–H and O–H groups in total. The molecule has 0 saturated carbocycles. The van der Waals surface area contributed by atoms with Gasteiger partial charge in [-0.3, -0.25) is 0 Å². The minimum Gasteiger partial charge on any atom is -0.397 e. The number of nitrogens with two attached hydrogens (primary N) is 1. The molecule has 1 rings (SSSR count). The molecule has 0 aromatic heterocycles. The lowest BCUT2D eigenvalue weighted by molar-refractivity contribution is -0.137. The number of nitrogens with zero attached hydrogens (tertiary/aromatic N) is 1. The Kier molecular flexibility index (Phi) is 3.03. The van der Waals surface area contributed by atoms with E-state index in [0.29, 0.717) is 0 Å². The first-order valence-corrected chi connectivity index (χ1v) is 4.21. The second kappa shape index (κ2) is 3.80. The maximum absolute atomic E-state index is 12.5. The van der Waals surface area contributed by atoms with Crippen LogP contribution in [0.15, 0.2) is 0 Å². The van der Waals surface area contributed by atoms with Gasteiger partial charge in [0.15, 0.2) is 0 Å². The average molecular weight is 254 g/mol. The van der Waals surface area contributed by atoms with Gasteiger partial charge in [0, 0.05) is 6.07 Å². The molecule has 15 heavy (non-hydrogen) atoms. The molecule has 1 aromatic rings. The third-order valence-electron chi connectivity index (χ3n) is 1.59. The van der Waals surface area contributed by atoms with Crippen molar-refractivity contribution in [2.24, 2.45) is 0 Å². The Bertz CT molecular complexity index is 449. The summed E-state index contributed by atoms with van der Waals surface area (Å²) >= 11 is 10.8. The van der Waals surface area contributed by atoms with Crippen molar-refractivity contribution < 1.29 is 13.2 Å². The predicted molar refractivity (Wildman–Crippen MR) is 49.4 cm³/mol. The number of hydrogen-bond acceptors (Lipinski definition) is 2. The Balaban J connectivity index is 3.68. The van der Waals surface area contributed by atoms with E-state index in [1.54, 1.807) is 0 Å². The van der Waals surface area contributed by atoms with E-state index in [0.717, 1.165) is 0 Å². The van der Waals surface area contributed by atoms with Crippen molar-refractivity contribution in [1.29, 1.82) is 5.26 Å². The van der Waals surface area contributed by atoms with E-state index in [-0.39, 0.29) is 0 Å². The van der Waals surface area contributed by atoms with Gasteiger partial charge >= 0.3 is 6.18 Å². The highest BCUT2D eigenvalue weighted by molar-refractivity contribution is 6.37. The van der Waals surface area contributed by atoms with Crippen molar-refractivity contribution >= 4 is 28.9 Å². The zero-order chi connectivity index (χ0) is 11.8. The number of nitriles is 1. The van der Waals surface area contributed by atoms with Gasteiger partial charge in [0.2, 0.25) is 0 Å². The molecule has 1 aromatic carbocycles. The summed E-state index contributed by atoms with van der Waals surface area (Å²) in [5.74, 6) is 0. The first-order valence-electron chi connectivity index (χ1n) is 3.46. The summed E-state index contributed by atoms with van der Waals surface area (Å²) in [5, 5.41) is 7.58. The van der Waals surface area contributed by atoms with Gasteiger partial charge in [-0.05, 0) is 0 Å². The summed E-state index contributed by atoms with van der Waals surface area (Å²) in [7, 11) is 0. The van der Waals surface area contributed by atoms with Crippen LogP contribution in [0, 0.1) is 17.4 Å². The van der Waals surface area contributed by atoms with Gasteiger partial charge in [0.25, 0.3) is 0 Å². The SMILES string of the molecule is N#Cc1c(Cl)[c]c(Cl)c(N)c1C(F)(F)F. The highest BCUT2D eigenvalue weighted by Gasteiger charge is 2.38. The minimum absolute atomic E-state index is 0.452. The molecule has 0 heterocycles. The van der Waals surface area contributed by atoms with E-state index in [2.05, 4.69) is 6.07 Å². The third-order valence-corrected chi connectivity index (χ3v) is 2.17. The van der Waals surface area contributed by atoms with Crippen LogP contribution < -0.4 is 5.73 Å². The van der Waals surface area contributed by atoms with Crippen LogP contribution >= 0.6 is 23.2 Å². The second-order valence-corrected chi connectivity index (χ2v) is 3.28. The van der Waals surface area contributed by atoms with Gasteiger partial charge in [0.1, 0.15) is 6.07 Å². The normalized spacial score (nSPS) is 11.2. The topological polar surface area (TPSA) is 49.8 Å². The number of anilines is 1. The molecule has 0 aliphatic carbocycles. The number of rotatable bonds is 0. The van der Waals surface area contributed by atoms with E-state index in [4.69, 9.17) is 34.2 Å². The molecule has 0 saturated heterocycles. The van der Waals surface area contributed by atoms with E-state index in [1.807, 2.05) is 0 Å². The average Bonchev–Trinajstić information content (AvgIpc) is 2.08. The molecular formula is C8H2Cl2F3N2. The van der Waals surface area contributed by atoms with Gasteiger partial charge in [-0.15, -0.1) is 0 Å². The monoisotopic (exact) mass is 253 g/mol. The summed E-state index contributed by atoms with van der Waals surface area (Å²) in [4.78, 5) is 0. The summed E-state index contributed by atoms with van der Waals surface area (Å²) in [6, 6.07) is 3.47. The maximum atomic E-state index is 12.5. The van der Waals surface area contributed by atoms with Gasteiger partial charge in [-0.25, -0.2) is 0 Å². The standard InChI is InChI=1S/C8H2Cl2F3N2/c9-4-1-5(10)7(15)6(3(4)2-14)8(11,12)13/h15H2. The molecule has 0 amide bonds. The molecule has 1 radical (unpaired) electrons.